The molecule has 0 atom stereocenters. The molecule has 1 aromatic carbocycles. The number of alkyl halides is 3. The van der Waals surface area contributed by atoms with Gasteiger partial charge < -0.3 is 9.31 Å². The molecule has 2 nitrogen and oxygen atoms in total. The van der Waals surface area contributed by atoms with Gasteiger partial charge in [0.2, 0.25) is 0 Å². The molecule has 0 radical (unpaired) electrons. The first-order chi connectivity index (χ1) is 9.35. The van der Waals surface area contributed by atoms with E-state index >= 15 is 0 Å². The number of rotatable bonds is 1. The quantitative estimate of drug-likeness (QED) is 0.738. The average Bonchev–Trinajstić information content (AvgIpc) is 2.50. The van der Waals surface area contributed by atoms with E-state index < -0.39 is 30.1 Å². The van der Waals surface area contributed by atoms with E-state index in [4.69, 9.17) is 9.31 Å². The summed E-state index contributed by atoms with van der Waals surface area (Å²) in [6, 6.07) is 2.68. The summed E-state index contributed by atoms with van der Waals surface area (Å²) in [5, 5.41) is 0. The van der Waals surface area contributed by atoms with Gasteiger partial charge >= 0.3 is 13.3 Å². The van der Waals surface area contributed by atoms with E-state index in [0.717, 1.165) is 11.6 Å². The Labute approximate surface area is 123 Å². The third kappa shape index (κ3) is 2.83. The fourth-order valence-corrected chi connectivity index (χ4v) is 2.25. The number of hydrogen-bond acceptors (Lipinski definition) is 2. The van der Waals surface area contributed by atoms with Crippen LogP contribution in [0.3, 0.4) is 0 Å². The number of benzene rings is 1. The highest BCUT2D eigenvalue weighted by atomic mass is 19.4. The minimum Gasteiger partial charge on any atom is -0.399 e. The molecule has 0 N–H and O–H groups in total. The Kier molecular flexibility index (Phi) is 3.70. The van der Waals surface area contributed by atoms with Crippen LogP contribution in [0.25, 0.3) is 0 Å². The Bertz CT molecular complexity index is 549. The van der Waals surface area contributed by atoms with Gasteiger partial charge in [0.15, 0.2) is 0 Å². The molecule has 0 aromatic heterocycles. The van der Waals surface area contributed by atoms with Crippen LogP contribution in [0.4, 0.5) is 13.2 Å². The van der Waals surface area contributed by atoms with Gasteiger partial charge in [-0.15, -0.1) is 0 Å². The van der Waals surface area contributed by atoms with Crippen molar-refractivity contribution in [3.8, 4) is 0 Å². The average molecular weight is 300 g/mol. The summed E-state index contributed by atoms with van der Waals surface area (Å²) < 4.78 is 51.4. The highest BCUT2D eigenvalue weighted by Crippen LogP contribution is 2.38. The van der Waals surface area contributed by atoms with Gasteiger partial charge in [0, 0.05) is 0 Å². The van der Waals surface area contributed by atoms with Crippen LogP contribution in [0.1, 0.15) is 44.4 Å². The third-order valence-corrected chi connectivity index (χ3v) is 4.48. The van der Waals surface area contributed by atoms with Crippen LogP contribution >= 0.6 is 0 Å². The zero-order valence-electron chi connectivity index (χ0n) is 13.2. The smallest absolute Gasteiger partial charge is 0.399 e. The monoisotopic (exact) mass is 300 g/mol. The van der Waals surface area contributed by atoms with Crippen molar-refractivity contribution in [3.05, 3.63) is 28.8 Å². The zero-order chi connectivity index (χ0) is 16.2. The maximum absolute atomic E-state index is 13.3. The first-order valence-corrected chi connectivity index (χ1v) is 6.89. The van der Waals surface area contributed by atoms with Crippen LogP contribution < -0.4 is 5.46 Å². The molecule has 0 amide bonds. The molecule has 6 heteroatoms. The number of hydrogen-bond donors (Lipinski definition) is 0. The molecule has 0 aliphatic carbocycles. The fraction of sp³-hybridized carbons (Fsp3) is 0.600. The van der Waals surface area contributed by atoms with E-state index in [1.54, 1.807) is 13.8 Å². The minimum atomic E-state index is -4.43. The number of aryl methyl sites for hydroxylation is 2. The summed E-state index contributed by atoms with van der Waals surface area (Å²) in [6.45, 7) is 10.7. The fourth-order valence-electron chi connectivity index (χ4n) is 2.25. The largest absolute Gasteiger partial charge is 0.495 e. The van der Waals surface area contributed by atoms with Crippen molar-refractivity contribution in [2.24, 2.45) is 0 Å². The maximum atomic E-state index is 13.3. The van der Waals surface area contributed by atoms with Crippen molar-refractivity contribution < 1.29 is 22.5 Å². The van der Waals surface area contributed by atoms with Gasteiger partial charge in [-0.05, 0) is 64.2 Å². The van der Waals surface area contributed by atoms with E-state index in [0.29, 0.717) is 5.56 Å². The summed E-state index contributed by atoms with van der Waals surface area (Å²) in [7, 11) is -1.01. The Balaban J connectivity index is 2.53. The third-order valence-electron chi connectivity index (χ3n) is 4.48. The van der Waals surface area contributed by atoms with Crippen molar-refractivity contribution in [1.29, 1.82) is 0 Å². The van der Waals surface area contributed by atoms with E-state index in [-0.39, 0.29) is 5.46 Å². The highest BCUT2D eigenvalue weighted by Gasteiger charge is 2.53. The molecule has 1 saturated heterocycles. The molecule has 0 saturated carbocycles. The summed E-state index contributed by atoms with van der Waals surface area (Å²) in [4.78, 5) is 0. The van der Waals surface area contributed by atoms with Crippen LogP contribution in [-0.2, 0) is 15.5 Å². The topological polar surface area (TPSA) is 18.5 Å². The van der Waals surface area contributed by atoms with Gasteiger partial charge in [-0.2, -0.15) is 13.2 Å². The first-order valence-electron chi connectivity index (χ1n) is 6.89. The normalized spacial score (nSPS) is 20.9. The predicted octanol–water partition coefficient (Wildman–Crippen LogP) is 3.62. The molecule has 1 fully saturated rings. The van der Waals surface area contributed by atoms with E-state index in [1.807, 2.05) is 27.7 Å². The van der Waals surface area contributed by atoms with Crippen molar-refractivity contribution >= 4 is 12.6 Å². The second-order valence-electron chi connectivity index (χ2n) is 6.61. The first kappa shape index (κ1) is 16.4. The molecule has 21 heavy (non-hydrogen) atoms. The molecule has 116 valence electrons. The highest BCUT2D eigenvalue weighted by molar-refractivity contribution is 6.62. The molecule has 2 rings (SSSR count). The van der Waals surface area contributed by atoms with Gasteiger partial charge in [-0.3, -0.25) is 0 Å². The van der Waals surface area contributed by atoms with Gasteiger partial charge in [0.05, 0.1) is 16.8 Å². The molecule has 0 bridgehead atoms. The molecule has 0 spiro atoms. The summed E-state index contributed by atoms with van der Waals surface area (Å²) in [5.41, 5.74) is -0.595. The molecule has 1 heterocycles. The van der Waals surface area contributed by atoms with Crippen LogP contribution in [0.5, 0.6) is 0 Å². The second-order valence-corrected chi connectivity index (χ2v) is 6.61. The number of halogens is 3. The SMILES string of the molecule is Cc1cc(B2OC(C)(C)C(C)(C)O2)c(C(F)(F)F)cc1C. The Morgan fingerprint density at radius 2 is 1.33 bits per heavy atom. The zero-order valence-corrected chi connectivity index (χ0v) is 13.2. The van der Waals surface area contributed by atoms with Crippen LogP contribution in [0, 0.1) is 13.8 Å². The van der Waals surface area contributed by atoms with Gasteiger partial charge in [-0.1, -0.05) is 6.07 Å². The lowest BCUT2D eigenvalue weighted by atomic mass is 9.74. The Hall–Kier alpha value is -1.01. The van der Waals surface area contributed by atoms with Gasteiger partial charge in [-0.25, -0.2) is 0 Å². The van der Waals surface area contributed by atoms with E-state index in [9.17, 15) is 13.2 Å². The molecule has 1 aliphatic heterocycles. The Morgan fingerprint density at radius 3 is 1.76 bits per heavy atom. The van der Waals surface area contributed by atoms with Gasteiger partial charge in [0.1, 0.15) is 0 Å². The maximum Gasteiger partial charge on any atom is 0.495 e. The lowest BCUT2D eigenvalue weighted by molar-refractivity contribution is -0.136. The summed E-state index contributed by atoms with van der Waals surface area (Å²) in [6.07, 6.45) is -4.43. The molecule has 0 unspecified atom stereocenters. The summed E-state index contributed by atoms with van der Waals surface area (Å²) in [5.74, 6) is 0. The predicted molar refractivity (Wildman–Crippen MR) is 76.6 cm³/mol. The standard InChI is InChI=1S/C15H20BF3O2/c1-9-7-11(15(17,18)19)12(8-10(9)2)16-20-13(3,4)14(5,6)21-16/h7-8H,1-6H3. The van der Waals surface area contributed by atoms with Crippen LogP contribution in [0.2, 0.25) is 0 Å². The van der Waals surface area contributed by atoms with Gasteiger partial charge in [0.25, 0.3) is 0 Å². The van der Waals surface area contributed by atoms with Crippen molar-refractivity contribution in [2.75, 3.05) is 0 Å². The second kappa shape index (κ2) is 4.75. The van der Waals surface area contributed by atoms with Crippen molar-refractivity contribution in [3.63, 3.8) is 0 Å². The lowest BCUT2D eigenvalue weighted by Gasteiger charge is -2.32. The molecule has 1 aromatic rings. The van der Waals surface area contributed by atoms with E-state index in [1.165, 1.54) is 6.07 Å². The van der Waals surface area contributed by atoms with Crippen LogP contribution in [-0.4, -0.2) is 18.3 Å². The van der Waals surface area contributed by atoms with Crippen molar-refractivity contribution in [2.45, 2.75) is 58.9 Å². The molecule has 1 aliphatic rings. The molecular weight excluding hydrogens is 280 g/mol. The Morgan fingerprint density at radius 1 is 0.905 bits per heavy atom. The van der Waals surface area contributed by atoms with Crippen LogP contribution in [0.15, 0.2) is 12.1 Å². The van der Waals surface area contributed by atoms with Crippen molar-refractivity contribution in [1.82, 2.24) is 0 Å². The summed E-state index contributed by atoms with van der Waals surface area (Å²) >= 11 is 0. The van der Waals surface area contributed by atoms with E-state index in [2.05, 4.69) is 0 Å². The molecular formula is C15H20BF3O2. The minimum absolute atomic E-state index is 0.0456. The lowest BCUT2D eigenvalue weighted by Crippen LogP contribution is -2.41.